The molecule has 0 aliphatic heterocycles. The molecule has 0 aliphatic rings. The summed E-state index contributed by atoms with van der Waals surface area (Å²) in [7, 11) is 0. The van der Waals surface area contributed by atoms with Crippen molar-refractivity contribution in [3.8, 4) is 33.4 Å². The third-order valence-corrected chi connectivity index (χ3v) is 12.0. The molecule has 11 aromatic rings. The first-order valence-corrected chi connectivity index (χ1v) is 21.1. The molecule has 0 amide bonds. The maximum absolute atomic E-state index is 6.42. The Labute approximate surface area is 360 Å². The molecule has 0 radical (unpaired) electrons. The van der Waals surface area contributed by atoms with Crippen molar-refractivity contribution < 1.29 is 4.42 Å². The number of nitrogens with zero attached hydrogens (tertiary/aromatic N) is 1. The second-order valence-corrected chi connectivity index (χ2v) is 15.8. The zero-order valence-electron chi connectivity index (χ0n) is 34.1. The van der Waals surface area contributed by atoms with Crippen LogP contribution in [0.3, 0.4) is 0 Å². The van der Waals surface area contributed by atoms with E-state index in [1.807, 2.05) is 6.08 Å². The average molecular weight is 792 g/mol. The van der Waals surface area contributed by atoms with Crippen molar-refractivity contribution in [2.45, 2.75) is 0 Å². The molecule has 2 nitrogen and oxygen atoms in total. The minimum Gasteiger partial charge on any atom is -0.456 e. The van der Waals surface area contributed by atoms with Crippen LogP contribution in [-0.2, 0) is 0 Å². The average Bonchev–Trinajstić information content (AvgIpc) is 3.69. The highest BCUT2D eigenvalue weighted by Gasteiger charge is 2.19. The number of anilines is 3. The summed E-state index contributed by atoms with van der Waals surface area (Å²) in [6.45, 7) is 4.02. The SMILES string of the molecule is C=C/C=c1\c(=C\c2ccc(N(c3ccc(-c4cccc(-c5ccccc5)c4)cc3)c3ccccc3-c3ccc4oc5cc6ccccc6cc5c4c3)cc2)ccc2ccccc12. The van der Waals surface area contributed by atoms with Gasteiger partial charge in [0.05, 0.1) is 5.69 Å². The van der Waals surface area contributed by atoms with Crippen LogP contribution in [0, 0.1) is 0 Å². The summed E-state index contributed by atoms with van der Waals surface area (Å²) in [4.78, 5) is 2.38. The van der Waals surface area contributed by atoms with Gasteiger partial charge in [-0.15, -0.1) is 0 Å². The van der Waals surface area contributed by atoms with Gasteiger partial charge in [0.1, 0.15) is 11.2 Å². The number of rotatable bonds is 8. The van der Waals surface area contributed by atoms with Gasteiger partial charge >= 0.3 is 0 Å². The van der Waals surface area contributed by atoms with Crippen molar-refractivity contribution in [2.24, 2.45) is 0 Å². The molecule has 0 unspecified atom stereocenters. The van der Waals surface area contributed by atoms with E-state index in [1.54, 1.807) is 0 Å². The molecule has 0 saturated carbocycles. The standard InChI is InChI=1S/C60H41NO/c1-2-13-53-49(27-26-44-16-8-9-21-54(44)53)36-41-24-31-51(32-25-41)61(52-33-28-43(29-34-52)46-20-12-19-45(37-46)42-14-4-3-5-15-42)58-23-11-10-22-55(58)50-30-35-59-56(39-50)57-38-47-17-6-7-18-48(47)40-60(57)62-59/h2-40H,1H2/b49-36+,53-13+. The number of para-hydroxylation sites is 1. The second-order valence-electron chi connectivity index (χ2n) is 15.8. The summed E-state index contributed by atoms with van der Waals surface area (Å²) in [6, 6.07) is 78.3. The van der Waals surface area contributed by atoms with Gasteiger partial charge in [-0.1, -0.05) is 176 Å². The van der Waals surface area contributed by atoms with E-state index in [0.29, 0.717) is 0 Å². The van der Waals surface area contributed by atoms with Crippen molar-refractivity contribution in [3.05, 3.63) is 247 Å². The number of allylic oxidation sites excluding steroid dienone is 1. The Morgan fingerprint density at radius 2 is 1.02 bits per heavy atom. The van der Waals surface area contributed by atoms with Gasteiger partial charge in [0.25, 0.3) is 0 Å². The minimum absolute atomic E-state index is 0.882. The van der Waals surface area contributed by atoms with Crippen LogP contribution in [-0.4, -0.2) is 0 Å². The predicted octanol–water partition coefficient (Wildman–Crippen LogP) is 15.2. The maximum Gasteiger partial charge on any atom is 0.136 e. The summed E-state index contributed by atoms with van der Waals surface area (Å²) in [5, 5.41) is 9.35. The van der Waals surface area contributed by atoms with E-state index in [9.17, 15) is 0 Å². The third kappa shape index (κ3) is 6.84. The lowest BCUT2D eigenvalue weighted by molar-refractivity contribution is 0.669. The Hall–Kier alpha value is -8.20. The highest BCUT2D eigenvalue weighted by molar-refractivity contribution is 6.11. The van der Waals surface area contributed by atoms with Crippen LogP contribution in [0.5, 0.6) is 0 Å². The molecule has 292 valence electrons. The van der Waals surface area contributed by atoms with E-state index in [-0.39, 0.29) is 0 Å². The molecule has 0 aliphatic carbocycles. The van der Waals surface area contributed by atoms with Crippen LogP contribution >= 0.6 is 0 Å². The zero-order valence-corrected chi connectivity index (χ0v) is 34.1. The van der Waals surface area contributed by atoms with E-state index in [1.165, 1.54) is 43.5 Å². The number of furan rings is 1. The van der Waals surface area contributed by atoms with Crippen molar-refractivity contribution in [1.29, 1.82) is 0 Å². The molecule has 11 rings (SSSR count). The molecule has 0 spiro atoms. The van der Waals surface area contributed by atoms with E-state index in [2.05, 4.69) is 242 Å². The molecule has 0 bridgehead atoms. The lowest BCUT2D eigenvalue weighted by Gasteiger charge is -2.28. The van der Waals surface area contributed by atoms with Crippen LogP contribution in [0.1, 0.15) is 5.56 Å². The van der Waals surface area contributed by atoms with E-state index in [0.717, 1.165) is 66.5 Å². The summed E-state index contributed by atoms with van der Waals surface area (Å²) in [5.74, 6) is 0. The van der Waals surface area contributed by atoms with Crippen LogP contribution in [0.2, 0.25) is 0 Å². The lowest BCUT2D eigenvalue weighted by Crippen LogP contribution is -2.25. The molecule has 0 fully saturated rings. The largest absolute Gasteiger partial charge is 0.456 e. The van der Waals surface area contributed by atoms with Crippen molar-refractivity contribution >= 4 is 72.7 Å². The van der Waals surface area contributed by atoms with Crippen molar-refractivity contribution in [1.82, 2.24) is 0 Å². The second kappa shape index (κ2) is 15.8. The fourth-order valence-electron chi connectivity index (χ4n) is 8.92. The normalized spacial score (nSPS) is 12.1. The molecule has 1 heterocycles. The van der Waals surface area contributed by atoms with Gasteiger partial charge in [-0.25, -0.2) is 0 Å². The molecule has 2 heteroatoms. The maximum atomic E-state index is 6.42. The number of fused-ring (bicyclic) bond motifs is 5. The first kappa shape index (κ1) is 36.8. The lowest BCUT2D eigenvalue weighted by atomic mass is 9.98. The summed E-state index contributed by atoms with van der Waals surface area (Å²) < 4.78 is 6.42. The molecule has 0 atom stereocenters. The molecule has 0 saturated heterocycles. The van der Waals surface area contributed by atoms with E-state index >= 15 is 0 Å². The molecular formula is C60H41NO. The van der Waals surface area contributed by atoms with Crippen molar-refractivity contribution in [2.75, 3.05) is 4.90 Å². The first-order valence-electron chi connectivity index (χ1n) is 21.1. The summed E-state index contributed by atoms with van der Waals surface area (Å²) >= 11 is 0. The summed E-state index contributed by atoms with van der Waals surface area (Å²) in [5.41, 5.74) is 13.1. The fourth-order valence-corrected chi connectivity index (χ4v) is 8.92. The third-order valence-electron chi connectivity index (χ3n) is 12.0. The van der Waals surface area contributed by atoms with Gasteiger partial charge in [-0.05, 0) is 132 Å². The Morgan fingerprint density at radius 1 is 0.403 bits per heavy atom. The summed E-state index contributed by atoms with van der Waals surface area (Å²) in [6.07, 6.45) is 6.24. The molecule has 10 aromatic carbocycles. The van der Waals surface area contributed by atoms with E-state index < -0.39 is 0 Å². The van der Waals surface area contributed by atoms with Crippen LogP contribution in [0.15, 0.2) is 235 Å². The van der Waals surface area contributed by atoms with Gasteiger partial charge in [0, 0.05) is 27.7 Å². The minimum atomic E-state index is 0.882. The van der Waals surface area contributed by atoms with Gasteiger partial charge in [0.2, 0.25) is 0 Å². The molecular weight excluding hydrogens is 751 g/mol. The smallest absolute Gasteiger partial charge is 0.136 e. The molecule has 1 aromatic heterocycles. The Balaban J connectivity index is 1.03. The van der Waals surface area contributed by atoms with Crippen LogP contribution < -0.4 is 15.3 Å². The molecule has 62 heavy (non-hydrogen) atoms. The molecule has 0 N–H and O–H groups in total. The van der Waals surface area contributed by atoms with Gasteiger partial charge in [-0.2, -0.15) is 0 Å². The highest BCUT2D eigenvalue weighted by Crippen LogP contribution is 2.43. The van der Waals surface area contributed by atoms with Gasteiger partial charge < -0.3 is 9.32 Å². The zero-order chi connectivity index (χ0) is 41.4. The van der Waals surface area contributed by atoms with Crippen LogP contribution in [0.4, 0.5) is 17.1 Å². The number of hydrogen-bond donors (Lipinski definition) is 0. The fraction of sp³-hybridized carbons (Fsp3) is 0. The topological polar surface area (TPSA) is 16.4 Å². The van der Waals surface area contributed by atoms with Gasteiger partial charge in [0.15, 0.2) is 0 Å². The Morgan fingerprint density at radius 3 is 1.79 bits per heavy atom. The van der Waals surface area contributed by atoms with Crippen LogP contribution in [0.25, 0.3) is 89.0 Å². The monoisotopic (exact) mass is 791 g/mol. The first-order chi connectivity index (χ1) is 30.7. The van der Waals surface area contributed by atoms with Crippen molar-refractivity contribution in [3.63, 3.8) is 0 Å². The number of hydrogen-bond acceptors (Lipinski definition) is 2. The predicted molar refractivity (Wildman–Crippen MR) is 264 cm³/mol. The Bertz CT molecular complexity index is 3580. The van der Waals surface area contributed by atoms with E-state index in [4.69, 9.17) is 4.42 Å². The highest BCUT2D eigenvalue weighted by atomic mass is 16.3. The van der Waals surface area contributed by atoms with Gasteiger partial charge in [-0.3, -0.25) is 0 Å². The Kier molecular flexibility index (Phi) is 9.37. The quantitative estimate of drug-likeness (QED) is 0.152. The number of benzene rings is 10.